The van der Waals surface area contributed by atoms with Crippen LogP contribution in [-0.2, 0) is 10.0 Å². The van der Waals surface area contributed by atoms with E-state index in [0.29, 0.717) is 10.5 Å². The maximum absolute atomic E-state index is 13.2. The summed E-state index contributed by atoms with van der Waals surface area (Å²) in [6, 6.07) is 10.1. The molecule has 1 aliphatic heterocycles. The molecule has 4 nitrogen and oxygen atoms in total. The predicted octanol–water partition coefficient (Wildman–Crippen LogP) is 4.05. The van der Waals surface area contributed by atoms with Crippen molar-refractivity contribution in [3.8, 4) is 0 Å². The third-order valence-electron chi connectivity index (χ3n) is 4.51. The molecule has 0 spiro atoms. The van der Waals surface area contributed by atoms with Gasteiger partial charge in [0, 0.05) is 28.7 Å². The van der Waals surface area contributed by atoms with Crippen molar-refractivity contribution in [2.75, 3.05) is 13.1 Å². The van der Waals surface area contributed by atoms with E-state index in [1.807, 2.05) is 6.07 Å². The normalized spacial score (nSPS) is 15.2. The summed E-state index contributed by atoms with van der Waals surface area (Å²) in [7, 11) is -3.87. The highest BCUT2D eigenvalue weighted by Crippen LogP contribution is 2.33. The van der Waals surface area contributed by atoms with E-state index in [0.717, 1.165) is 48.2 Å². The Kier molecular flexibility index (Phi) is 4.34. The molecule has 0 atom stereocenters. The van der Waals surface area contributed by atoms with Gasteiger partial charge in [-0.25, -0.2) is 16.8 Å². The maximum Gasteiger partial charge on any atom is 0.268 e. The number of nitrogens with one attached hydrogen (secondary N) is 1. The molecule has 0 amide bonds. The van der Waals surface area contributed by atoms with E-state index in [2.05, 4.69) is 11.4 Å². The highest BCUT2D eigenvalue weighted by Gasteiger charge is 2.23. The van der Waals surface area contributed by atoms with Crippen LogP contribution in [0.25, 0.3) is 16.5 Å². The van der Waals surface area contributed by atoms with Crippen LogP contribution in [0.5, 0.6) is 0 Å². The summed E-state index contributed by atoms with van der Waals surface area (Å²) in [6.45, 7) is 1.59. The average molecular weight is 391 g/mol. The van der Waals surface area contributed by atoms with Crippen molar-refractivity contribution in [3.63, 3.8) is 0 Å². The first-order valence-corrected chi connectivity index (χ1v) is 10.0. The van der Waals surface area contributed by atoms with Gasteiger partial charge in [-0.2, -0.15) is 0 Å². The SMILES string of the molecule is O=S(=O)(c1ccc(F)cc1)n1cc(C2=CCNCC2)c2ccc(Cl)cc21. The monoisotopic (exact) mass is 390 g/mol. The Morgan fingerprint density at radius 2 is 1.88 bits per heavy atom. The zero-order chi connectivity index (χ0) is 18.3. The minimum Gasteiger partial charge on any atom is -0.313 e. The zero-order valence-corrected chi connectivity index (χ0v) is 15.3. The van der Waals surface area contributed by atoms with E-state index >= 15 is 0 Å². The Labute approximate surface area is 155 Å². The lowest BCUT2D eigenvalue weighted by Gasteiger charge is -2.13. The van der Waals surface area contributed by atoms with Crippen molar-refractivity contribution in [2.45, 2.75) is 11.3 Å². The van der Waals surface area contributed by atoms with Crippen molar-refractivity contribution < 1.29 is 12.8 Å². The molecule has 0 bridgehead atoms. The summed E-state index contributed by atoms with van der Waals surface area (Å²) in [5.74, 6) is -0.482. The topological polar surface area (TPSA) is 51.1 Å². The summed E-state index contributed by atoms with van der Waals surface area (Å²) >= 11 is 6.12. The molecule has 0 unspecified atom stereocenters. The highest BCUT2D eigenvalue weighted by atomic mass is 35.5. The molecule has 0 aliphatic carbocycles. The van der Waals surface area contributed by atoms with Gasteiger partial charge in [0.2, 0.25) is 0 Å². The van der Waals surface area contributed by atoms with E-state index in [1.165, 1.54) is 16.1 Å². The first-order valence-electron chi connectivity index (χ1n) is 8.19. The van der Waals surface area contributed by atoms with Crippen molar-refractivity contribution >= 4 is 38.1 Å². The summed E-state index contributed by atoms with van der Waals surface area (Å²) < 4.78 is 40.7. The molecular formula is C19H16ClFN2O2S. The van der Waals surface area contributed by atoms with Crippen molar-refractivity contribution in [3.05, 3.63) is 71.1 Å². The third kappa shape index (κ3) is 2.94. The second-order valence-electron chi connectivity index (χ2n) is 6.14. The van der Waals surface area contributed by atoms with Gasteiger partial charge in [-0.15, -0.1) is 0 Å². The number of aromatic nitrogens is 1. The van der Waals surface area contributed by atoms with E-state index in [-0.39, 0.29) is 4.90 Å². The van der Waals surface area contributed by atoms with Gasteiger partial charge >= 0.3 is 0 Å². The molecule has 1 aromatic heterocycles. The molecule has 7 heteroatoms. The van der Waals surface area contributed by atoms with Crippen LogP contribution in [-0.4, -0.2) is 25.5 Å². The fourth-order valence-electron chi connectivity index (χ4n) is 3.21. The Morgan fingerprint density at radius 3 is 2.58 bits per heavy atom. The molecule has 0 radical (unpaired) electrons. The number of benzene rings is 2. The fraction of sp³-hybridized carbons (Fsp3) is 0.158. The number of fused-ring (bicyclic) bond motifs is 1. The number of hydrogen-bond acceptors (Lipinski definition) is 3. The first kappa shape index (κ1) is 17.3. The molecule has 0 saturated heterocycles. The molecule has 2 heterocycles. The molecule has 4 rings (SSSR count). The van der Waals surface area contributed by atoms with Crippen LogP contribution in [0.2, 0.25) is 5.02 Å². The fourth-order valence-corrected chi connectivity index (χ4v) is 4.74. The maximum atomic E-state index is 13.2. The lowest BCUT2D eigenvalue weighted by molar-refractivity contribution is 0.588. The summed E-state index contributed by atoms with van der Waals surface area (Å²) in [5, 5.41) is 4.53. The standard InChI is InChI=1S/C19H16ClFN2O2S/c20-14-1-6-17-18(13-7-9-22-10-8-13)12-23(19(17)11-14)26(24,25)16-4-2-15(21)3-5-16/h1-7,11-12,22H,8-10H2. The minimum atomic E-state index is -3.87. The van der Waals surface area contributed by atoms with E-state index < -0.39 is 15.8 Å². The molecule has 1 aliphatic rings. The second-order valence-corrected chi connectivity index (χ2v) is 8.39. The number of nitrogens with zero attached hydrogens (tertiary/aromatic N) is 1. The Balaban J connectivity index is 1.96. The van der Waals surface area contributed by atoms with Crippen LogP contribution in [0.1, 0.15) is 12.0 Å². The van der Waals surface area contributed by atoms with E-state index in [4.69, 9.17) is 11.6 Å². The van der Waals surface area contributed by atoms with Crippen LogP contribution in [0.4, 0.5) is 4.39 Å². The van der Waals surface area contributed by atoms with Gasteiger partial charge in [0.1, 0.15) is 5.82 Å². The summed E-state index contributed by atoms with van der Waals surface area (Å²) in [4.78, 5) is 0.0293. The molecule has 0 saturated carbocycles. The Morgan fingerprint density at radius 1 is 1.12 bits per heavy atom. The van der Waals surface area contributed by atoms with Gasteiger partial charge in [0.05, 0.1) is 10.4 Å². The molecule has 2 aromatic carbocycles. The molecule has 0 fully saturated rings. The molecular weight excluding hydrogens is 375 g/mol. The van der Waals surface area contributed by atoms with Crippen molar-refractivity contribution in [1.29, 1.82) is 0 Å². The molecule has 134 valence electrons. The zero-order valence-electron chi connectivity index (χ0n) is 13.7. The van der Waals surface area contributed by atoms with Gasteiger partial charge in [0.15, 0.2) is 0 Å². The van der Waals surface area contributed by atoms with Crippen molar-refractivity contribution in [1.82, 2.24) is 9.29 Å². The first-order chi connectivity index (χ1) is 12.5. The average Bonchev–Trinajstić information content (AvgIpc) is 3.02. The Hall–Kier alpha value is -2.15. The van der Waals surface area contributed by atoms with Crippen LogP contribution in [0.3, 0.4) is 0 Å². The largest absolute Gasteiger partial charge is 0.313 e. The molecule has 3 aromatic rings. The summed E-state index contributed by atoms with van der Waals surface area (Å²) in [6.07, 6.45) is 4.52. The lowest BCUT2D eigenvalue weighted by atomic mass is 10.00. The van der Waals surface area contributed by atoms with E-state index in [9.17, 15) is 12.8 Å². The van der Waals surface area contributed by atoms with Gasteiger partial charge in [0.25, 0.3) is 10.0 Å². The highest BCUT2D eigenvalue weighted by molar-refractivity contribution is 7.90. The quantitative estimate of drug-likeness (QED) is 0.734. The lowest BCUT2D eigenvalue weighted by Crippen LogP contribution is -2.20. The van der Waals surface area contributed by atoms with E-state index in [1.54, 1.807) is 18.3 Å². The smallest absolute Gasteiger partial charge is 0.268 e. The van der Waals surface area contributed by atoms with Gasteiger partial charge < -0.3 is 5.32 Å². The minimum absolute atomic E-state index is 0.0293. The van der Waals surface area contributed by atoms with Gasteiger partial charge in [-0.05, 0) is 54.9 Å². The predicted molar refractivity (Wildman–Crippen MR) is 101 cm³/mol. The molecule has 1 N–H and O–H groups in total. The molecule has 26 heavy (non-hydrogen) atoms. The van der Waals surface area contributed by atoms with Crippen molar-refractivity contribution in [2.24, 2.45) is 0 Å². The van der Waals surface area contributed by atoms with Crippen LogP contribution in [0, 0.1) is 5.82 Å². The third-order valence-corrected chi connectivity index (χ3v) is 6.44. The number of hydrogen-bond donors (Lipinski definition) is 1. The second kappa shape index (κ2) is 6.54. The Bertz CT molecular complexity index is 1120. The van der Waals surface area contributed by atoms with Crippen LogP contribution < -0.4 is 5.32 Å². The number of rotatable bonds is 3. The number of halogens is 2. The van der Waals surface area contributed by atoms with Crippen LogP contribution in [0.15, 0.2) is 59.6 Å². The summed E-state index contributed by atoms with van der Waals surface area (Å²) in [5.41, 5.74) is 2.49. The van der Waals surface area contributed by atoms with Crippen LogP contribution >= 0.6 is 11.6 Å². The van der Waals surface area contributed by atoms with Gasteiger partial charge in [-0.3, -0.25) is 0 Å². The van der Waals surface area contributed by atoms with Gasteiger partial charge in [-0.1, -0.05) is 23.7 Å².